The second kappa shape index (κ2) is 4.14. The number of primary amides is 1. The van der Waals surface area contributed by atoms with Crippen LogP contribution in [-0.4, -0.2) is 24.2 Å². The largest absolute Gasteiger partial charge is 0.463 e. The molecule has 1 aromatic heterocycles. The molecule has 0 saturated carbocycles. The Morgan fingerprint density at radius 1 is 1.60 bits per heavy atom. The third-order valence-electron chi connectivity index (χ3n) is 1.58. The Hall–Kier alpha value is -1.82. The number of hydrogen-bond acceptors (Lipinski definition) is 5. The van der Waals surface area contributed by atoms with Crippen molar-refractivity contribution >= 4 is 28.6 Å². The van der Waals surface area contributed by atoms with E-state index in [2.05, 4.69) is 4.74 Å². The number of furan rings is 1. The molecule has 6 nitrogen and oxygen atoms in total. The summed E-state index contributed by atoms with van der Waals surface area (Å²) in [4.78, 5) is 21.9. The van der Waals surface area contributed by atoms with E-state index in [4.69, 9.17) is 27.2 Å². The van der Waals surface area contributed by atoms with Crippen molar-refractivity contribution in [3.8, 4) is 0 Å². The van der Waals surface area contributed by atoms with Crippen molar-refractivity contribution in [1.29, 1.82) is 5.41 Å². The number of halogens is 1. The molecule has 3 N–H and O–H groups in total. The first-order valence-electron chi connectivity index (χ1n) is 3.73. The van der Waals surface area contributed by atoms with Crippen molar-refractivity contribution in [3.63, 3.8) is 0 Å². The van der Waals surface area contributed by atoms with Crippen molar-refractivity contribution in [2.24, 2.45) is 5.73 Å². The zero-order chi connectivity index (χ0) is 11.6. The summed E-state index contributed by atoms with van der Waals surface area (Å²) < 4.78 is 9.22. The molecule has 0 unspecified atom stereocenters. The maximum absolute atomic E-state index is 11.0. The molecule has 0 bridgehead atoms. The van der Waals surface area contributed by atoms with Gasteiger partial charge in [0, 0.05) is 6.07 Å². The Bertz CT molecular complexity index is 406. The van der Waals surface area contributed by atoms with Crippen LogP contribution in [0.3, 0.4) is 0 Å². The molecule has 7 heteroatoms. The number of carbonyl (C=O) groups excluding carboxylic acids is 2. The molecular weight excluding hydrogens is 224 g/mol. The molecule has 1 amide bonds. The van der Waals surface area contributed by atoms with Gasteiger partial charge < -0.3 is 14.9 Å². The molecule has 0 spiro atoms. The summed E-state index contributed by atoms with van der Waals surface area (Å²) in [5, 5.41) is 6.58. The molecule has 80 valence electrons. The van der Waals surface area contributed by atoms with E-state index >= 15 is 0 Å². The Morgan fingerprint density at radius 3 is 2.53 bits per heavy atom. The van der Waals surface area contributed by atoms with Crippen molar-refractivity contribution in [3.05, 3.63) is 23.2 Å². The first-order chi connectivity index (χ1) is 6.97. The average molecular weight is 231 g/mol. The highest BCUT2D eigenvalue weighted by Gasteiger charge is 2.22. The molecule has 0 aliphatic carbocycles. The van der Waals surface area contributed by atoms with E-state index in [9.17, 15) is 9.59 Å². The fraction of sp³-hybridized carbons (Fsp3) is 0.125. The van der Waals surface area contributed by atoms with Crippen molar-refractivity contribution in [2.75, 3.05) is 7.11 Å². The van der Waals surface area contributed by atoms with Crippen molar-refractivity contribution in [2.45, 2.75) is 0 Å². The summed E-state index contributed by atoms with van der Waals surface area (Å²) in [5.74, 6) is -2.09. The molecular formula is C8H7ClN2O4. The van der Waals surface area contributed by atoms with Crippen LogP contribution in [0.15, 0.2) is 10.5 Å². The maximum Gasteiger partial charge on any atom is 0.373 e. The third-order valence-corrected chi connectivity index (χ3v) is 1.76. The van der Waals surface area contributed by atoms with Crippen LogP contribution in [-0.2, 0) is 4.74 Å². The van der Waals surface area contributed by atoms with E-state index in [-0.39, 0.29) is 17.1 Å². The van der Waals surface area contributed by atoms with Gasteiger partial charge in [-0.1, -0.05) is 11.6 Å². The number of ether oxygens (including phenoxy) is 1. The zero-order valence-electron chi connectivity index (χ0n) is 7.67. The van der Waals surface area contributed by atoms with Crippen molar-refractivity contribution in [1.82, 2.24) is 0 Å². The minimum absolute atomic E-state index is 0.129. The van der Waals surface area contributed by atoms with Gasteiger partial charge in [0.25, 0.3) is 5.91 Å². The standard InChI is InChI=1S/C8H7ClN2O4/c1-14-8(13)4-2-3(7(11)12)5(15-4)6(9)10/h2,10H,1H3,(H2,11,12). The van der Waals surface area contributed by atoms with E-state index in [1.54, 1.807) is 0 Å². The van der Waals surface area contributed by atoms with Gasteiger partial charge >= 0.3 is 5.97 Å². The summed E-state index contributed by atoms with van der Waals surface area (Å²) in [5.41, 5.74) is 4.87. The smallest absolute Gasteiger partial charge is 0.373 e. The minimum atomic E-state index is -0.839. The minimum Gasteiger partial charge on any atom is -0.463 e. The van der Waals surface area contributed by atoms with Crippen LogP contribution in [0.1, 0.15) is 26.7 Å². The highest BCUT2D eigenvalue weighted by molar-refractivity contribution is 6.68. The molecule has 1 rings (SSSR count). The normalized spacial score (nSPS) is 9.73. The molecule has 1 aromatic rings. The SMILES string of the molecule is COC(=O)c1cc(C(N)=O)c(C(=N)Cl)o1. The second-order valence-electron chi connectivity index (χ2n) is 2.52. The van der Waals surface area contributed by atoms with Gasteiger partial charge in [-0.25, -0.2) is 4.79 Å². The highest BCUT2D eigenvalue weighted by atomic mass is 35.5. The number of nitrogens with two attached hydrogens (primary N) is 1. The van der Waals surface area contributed by atoms with Crippen LogP contribution in [0.5, 0.6) is 0 Å². The van der Waals surface area contributed by atoms with E-state index in [1.807, 2.05) is 0 Å². The van der Waals surface area contributed by atoms with Crippen LogP contribution in [0.4, 0.5) is 0 Å². The summed E-state index contributed by atoms with van der Waals surface area (Å²) in [7, 11) is 1.15. The number of carbonyl (C=O) groups is 2. The lowest BCUT2D eigenvalue weighted by atomic mass is 10.2. The summed E-state index contributed by atoms with van der Waals surface area (Å²) in [6.45, 7) is 0. The van der Waals surface area contributed by atoms with Gasteiger partial charge in [-0.3, -0.25) is 10.2 Å². The van der Waals surface area contributed by atoms with E-state index in [0.717, 1.165) is 13.2 Å². The molecule has 0 radical (unpaired) electrons. The molecule has 0 aliphatic heterocycles. The van der Waals surface area contributed by atoms with Gasteiger partial charge in [0.1, 0.15) is 0 Å². The summed E-state index contributed by atoms with van der Waals surface area (Å²) in [6, 6.07) is 1.08. The Labute approximate surface area is 89.5 Å². The van der Waals surface area contributed by atoms with Crippen molar-refractivity contribution < 1.29 is 18.7 Å². The number of hydrogen-bond donors (Lipinski definition) is 2. The Kier molecular flexibility index (Phi) is 3.11. The van der Waals surface area contributed by atoms with Gasteiger partial charge in [-0.2, -0.15) is 0 Å². The van der Waals surface area contributed by atoms with Crippen LogP contribution in [0.2, 0.25) is 0 Å². The highest BCUT2D eigenvalue weighted by Crippen LogP contribution is 2.17. The second-order valence-corrected chi connectivity index (χ2v) is 2.90. The molecule has 0 saturated heterocycles. The molecule has 15 heavy (non-hydrogen) atoms. The molecule has 0 aromatic carbocycles. The maximum atomic E-state index is 11.0. The summed E-state index contributed by atoms with van der Waals surface area (Å²) >= 11 is 5.34. The van der Waals surface area contributed by atoms with Crippen LogP contribution in [0.25, 0.3) is 0 Å². The first kappa shape index (κ1) is 11.3. The van der Waals surface area contributed by atoms with Gasteiger partial charge in [0.2, 0.25) is 5.76 Å². The number of amides is 1. The van der Waals surface area contributed by atoms with E-state index in [1.165, 1.54) is 0 Å². The molecule has 1 heterocycles. The van der Waals surface area contributed by atoms with E-state index in [0.29, 0.717) is 0 Å². The monoisotopic (exact) mass is 230 g/mol. The number of esters is 1. The predicted molar refractivity (Wildman–Crippen MR) is 51.2 cm³/mol. The Balaban J connectivity index is 3.27. The van der Waals surface area contributed by atoms with Crippen LogP contribution < -0.4 is 5.73 Å². The molecule has 0 atom stereocenters. The fourth-order valence-corrected chi connectivity index (χ4v) is 1.08. The Morgan fingerprint density at radius 2 is 2.20 bits per heavy atom. The van der Waals surface area contributed by atoms with Gasteiger partial charge in [0.05, 0.1) is 12.7 Å². The number of nitrogens with one attached hydrogen (secondary N) is 1. The van der Waals surface area contributed by atoms with Crippen LogP contribution >= 0.6 is 11.6 Å². The van der Waals surface area contributed by atoms with Gasteiger partial charge in [-0.15, -0.1) is 0 Å². The molecule has 0 aliphatic rings. The first-order valence-corrected chi connectivity index (χ1v) is 4.11. The lowest BCUT2D eigenvalue weighted by molar-refractivity contribution is 0.0564. The van der Waals surface area contributed by atoms with E-state index < -0.39 is 17.0 Å². The van der Waals surface area contributed by atoms with Gasteiger partial charge in [0.15, 0.2) is 10.9 Å². The average Bonchev–Trinajstić information content (AvgIpc) is 2.61. The third kappa shape index (κ3) is 2.16. The van der Waals surface area contributed by atoms with Crippen LogP contribution in [0, 0.1) is 5.41 Å². The lowest BCUT2D eigenvalue weighted by Crippen LogP contribution is -2.12. The zero-order valence-corrected chi connectivity index (χ0v) is 8.42. The number of methoxy groups -OCH3 is 1. The van der Waals surface area contributed by atoms with Gasteiger partial charge in [-0.05, 0) is 0 Å². The lowest BCUT2D eigenvalue weighted by Gasteiger charge is -1.93. The number of rotatable bonds is 3. The topological polar surface area (TPSA) is 106 Å². The predicted octanol–water partition coefficient (Wildman–Crippen LogP) is 0.729. The molecule has 0 fully saturated rings. The quantitative estimate of drug-likeness (QED) is 0.590. The fourth-order valence-electron chi connectivity index (χ4n) is 0.938. The summed E-state index contributed by atoms with van der Waals surface area (Å²) in [6.07, 6.45) is 0.